The number of methoxy groups -OCH3 is 1. The van der Waals surface area contributed by atoms with E-state index in [4.69, 9.17) is 9.72 Å². The summed E-state index contributed by atoms with van der Waals surface area (Å²) < 4.78 is 7.44. The maximum atomic E-state index is 13.4. The van der Waals surface area contributed by atoms with Crippen LogP contribution in [0.4, 0.5) is 0 Å². The van der Waals surface area contributed by atoms with Crippen LogP contribution in [0, 0.1) is 5.92 Å². The van der Waals surface area contributed by atoms with Crippen molar-refractivity contribution in [3.05, 3.63) is 48.2 Å². The first-order valence-electron chi connectivity index (χ1n) is 12.5. The van der Waals surface area contributed by atoms with E-state index in [2.05, 4.69) is 15.3 Å². The van der Waals surface area contributed by atoms with Gasteiger partial charge in [-0.2, -0.15) is 0 Å². The van der Waals surface area contributed by atoms with E-state index in [1.807, 2.05) is 36.9 Å². The number of para-hydroxylation sites is 2. The van der Waals surface area contributed by atoms with Crippen molar-refractivity contribution in [1.29, 1.82) is 0 Å². The lowest BCUT2D eigenvalue weighted by Gasteiger charge is -2.35. The van der Waals surface area contributed by atoms with Crippen molar-refractivity contribution in [3.63, 3.8) is 0 Å². The zero-order valence-corrected chi connectivity index (χ0v) is 23.0. The number of benzene rings is 2. The number of rotatable bonds is 7. The Hall–Kier alpha value is -3.44. The molecule has 1 saturated heterocycles. The van der Waals surface area contributed by atoms with Crippen molar-refractivity contribution in [2.45, 2.75) is 42.3 Å². The number of carbonyl (C=O) groups is 2. The summed E-state index contributed by atoms with van der Waals surface area (Å²) in [5.74, 6) is -0.556. The lowest BCUT2D eigenvalue weighted by molar-refractivity contribution is -0.135. The minimum Gasteiger partial charge on any atom is -0.497 e. The Labute approximate surface area is 228 Å². The molecule has 5 rings (SSSR count). The van der Waals surface area contributed by atoms with Crippen LogP contribution < -0.4 is 10.1 Å². The molecular weight excluding hydrogens is 522 g/mol. The van der Waals surface area contributed by atoms with Gasteiger partial charge >= 0.3 is 0 Å². The lowest BCUT2D eigenvalue weighted by Crippen LogP contribution is -2.53. The first-order valence-corrected chi connectivity index (χ1v) is 14.2. The first-order chi connectivity index (χ1) is 18.3. The van der Waals surface area contributed by atoms with Gasteiger partial charge in [0.05, 0.1) is 28.4 Å². The molecule has 9 nitrogen and oxygen atoms in total. The predicted octanol–water partition coefficient (Wildman–Crippen LogP) is 4.49. The molecule has 4 aromatic rings. The molecule has 198 valence electrons. The van der Waals surface area contributed by atoms with Gasteiger partial charge < -0.3 is 20.1 Å². The lowest BCUT2D eigenvalue weighted by atomic mass is 10.0. The van der Waals surface area contributed by atoms with Crippen molar-refractivity contribution in [1.82, 2.24) is 25.2 Å². The number of aromatic hydroxyl groups is 1. The second-order valence-corrected chi connectivity index (χ2v) is 12.1. The maximum Gasteiger partial charge on any atom is 0.276 e. The van der Waals surface area contributed by atoms with Gasteiger partial charge in [0.15, 0.2) is 10.0 Å². The first kappa shape index (κ1) is 26.2. The molecule has 38 heavy (non-hydrogen) atoms. The molecule has 1 atom stereocenters. The van der Waals surface area contributed by atoms with Crippen LogP contribution in [0.15, 0.2) is 46.8 Å². The van der Waals surface area contributed by atoms with Crippen LogP contribution in [-0.4, -0.2) is 68.3 Å². The highest BCUT2D eigenvalue weighted by Crippen LogP contribution is 2.36. The largest absolute Gasteiger partial charge is 0.497 e. The Morgan fingerprint density at radius 2 is 1.79 bits per heavy atom. The third-order valence-corrected chi connectivity index (χ3v) is 9.05. The SMILES string of the molecule is COc1ccc2sc(SC3CCN(C(=O)[C@@H](NC(=O)c4nc5ccccc5nc4O)C(C)C)CC3)nc2c1. The average Bonchev–Trinajstić information content (AvgIpc) is 3.32. The third kappa shape index (κ3) is 5.53. The number of carbonyl (C=O) groups excluding carboxylic acids is 2. The van der Waals surface area contributed by atoms with Gasteiger partial charge in [0.25, 0.3) is 5.91 Å². The smallest absolute Gasteiger partial charge is 0.276 e. The van der Waals surface area contributed by atoms with Gasteiger partial charge in [-0.3, -0.25) is 9.59 Å². The molecule has 2 aromatic carbocycles. The topological polar surface area (TPSA) is 118 Å². The molecule has 2 amide bonds. The third-order valence-electron chi connectivity index (χ3n) is 6.58. The monoisotopic (exact) mass is 551 g/mol. The quantitative estimate of drug-likeness (QED) is 0.345. The molecule has 1 aliphatic heterocycles. The maximum absolute atomic E-state index is 13.4. The predicted molar refractivity (Wildman–Crippen MR) is 149 cm³/mol. The van der Waals surface area contributed by atoms with Gasteiger partial charge in [-0.1, -0.05) is 37.7 Å². The molecular formula is C27H29N5O4S2. The number of hydrogen-bond acceptors (Lipinski definition) is 9. The van der Waals surface area contributed by atoms with Gasteiger partial charge in [-0.05, 0) is 43.0 Å². The normalized spacial score (nSPS) is 15.2. The molecule has 0 spiro atoms. The van der Waals surface area contributed by atoms with Crippen molar-refractivity contribution in [2.24, 2.45) is 5.92 Å². The second-order valence-electron chi connectivity index (χ2n) is 9.54. The Kier molecular flexibility index (Phi) is 7.66. The van der Waals surface area contributed by atoms with Crippen LogP contribution >= 0.6 is 23.1 Å². The Bertz CT molecular complexity index is 1480. The van der Waals surface area contributed by atoms with Gasteiger partial charge in [-0.25, -0.2) is 15.0 Å². The number of hydrogen-bond donors (Lipinski definition) is 2. The number of amides is 2. The van der Waals surface area contributed by atoms with Crippen LogP contribution in [0.1, 0.15) is 37.2 Å². The number of thiazole rings is 1. The molecule has 0 bridgehead atoms. The van der Waals surface area contributed by atoms with Crippen LogP contribution in [0.2, 0.25) is 0 Å². The summed E-state index contributed by atoms with van der Waals surface area (Å²) in [5.41, 5.74) is 1.73. The van der Waals surface area contributed by atoms with E-state index in [9.17, 15) is 14.7 Å². The fourth-order valence-electron chi connectivity index (χ4n) is 4.46. The number of likely N-dealkylation sites (tertiary alicyclic amines) is 1. The van der Waals surface area contributed by atoms with E-state index >= 15 is 0 Å². The van der Waals surface area contributed by atoms with E-state index in [0.29, 0.717) is 29.4 Å². The van der Waals surface area contributed by atoms with Crippen LogP contribution in [0.5, 0.6) is 11.6 Å². The summed E-state index contributed by atoms with van der Waals surface area (Å²) in [5, 5.41) is 13.5. The fraction of sp³-hybridized carbons (Fsp3) is 0.370. The summed E-state index contributed by atoms with van der Waals surface area (Å²) in [6, 6.07) is 12.2. The molecule has 0 radical (unpaired) electrons. The summed E-state index contributed by atoms with van der Waals surface area (Å²) in [4.78, 5) is 41.4. The molecule has 0 saturated carbocycles. The minimum atomic E-state index is -0.737. The molecule has 0 aliphatic carbocycles. The molecule has 2 aromatic heterocycles. The molecule has 1 fully saturated rings. The highest BCUT2D eigenvalue weighted by atomic mass is 32.2. The second kappa shape index (κ2) is 11.1. The number of nitrogens with zero attached hydrogens (tertiary/aromatic N) is 4. The Morgan fingerprint density at radius 1 is 1.08 bits per heavy atom. The molecule has 1 aliphatic rings. The summed E-state index contributed by atoms with van der Waals surface area (Å²) in [6.45, 7) is 4.99. The van der Waals surface area contributed by atoms with Crippen molar-refractivity contribution in [2.75, 3.05) is 20.2 Å². The highest BCUT2D eigenvalue weighted by Gasteiger charge is 2.33. The van der Waals surface area contributed by atoms with E-state index in [-0.39, 0.29) is 17.5 Å². The fourth-order valence-corrected chi connectivity index (χ4v) is 6.89. The minimum absolute atomic E-state index is 0.128. The molecule has 3 heterocycles. The number of aromatic nitrogens is 3. The van der Waals surface area contributed by atoms with E-state index < -0.39 is 17.8 Å². The van der Waals surface area contributed by atoms with Crippen LogP contribution in [0.25, 0.3) is 21.3 Å². The van der Waals surface area contributed by atoms with Crippen LogP contribution in [0.3, 0.4) is 0 Å². The summed E-state index contributed by atoms with van der Waals surface area (Å²) in [7, 11) is 1.65. The standard InChI is InChI=1S/C27H29N5O4S2/c1-15(2)22(31-25(34)23-24(33)29-19-7-5-4-6-18(19)28-23)26(35)32-12-10-17(11-13-32)37-27-30-20-14-16(36-3)8-9-21(20)38-27/h4-9,14-15,17,22H,10-13H2,1-3H3,(H,29,33)(H,31,34)/t22-/m0/s1. The van der Waals surface area contributed by atoms with Crippen molar-refractivity contribution in [3.8, 4) is 11.6 Å². The van der Waals surface area contributed by atoms with Crippen molar-refractivity contribution >= 4 is 56.2 Å². The van der Waals surface area contributed by atoms with Gasteiger partial charge in [0, 0.05) is 24.4 Å². The van der Waals surface area contributed by atoms with Crippen molar-refractivity contribution < 1.29 is 19.4 Å². The van der Waals surface area contributed by atoms with E-state index in [1.54, 1.807) is 54.5 Å². The summed E-state index contributed by atoms with van der Waals surface area (Å²) in [6.07, 6.45) is 1.68. The highest BCUT2D eigenvalue weighted by molar-refractivity contribution is 8.01. The number of piperidine rings is 1. The zero-order chi connectivity index (χ0) is 26.8. The average molecular weight is 552 g/mol. The summed E-state index contributed by atoms with van der Waals surface area (Å²) >= 11 is 3.43. The molecule has 2 N–H and O–H groups in total. The molecule has 11 heteroatoms. The number of fused-ring (bicyclic) bond motifs is 2. The molecule has 0 unspecified atom stereocenters. The number of nitrogens with one attached hydrogen (secondary N) is 1. The van der Waals surface area contributed by atoms with E-state index in [1.165, 1.54) is 0 Å². The van der Waals surface area contributed by atoms with Gasteiger partial charge in [0.1, 0.15) is 11.8 Å². The van der Waals surface area contributed by atoms with Crippen LogP contribution in [-0.2, 0) is 4.79 Å². The van der Waals surface area contributed by atoms with Gasteiger partial charge in [0.2, 0.25) is 11.8 Å². The Morgan fingerprint density at radius 3 is 2.47 bits per heavy atom. The number of thioether (sulfide) groups is 1. The Balaban J connectivity index is 1.21. The zero-order valence-electron chi connectivity index (χ0n) is 21.4. The number of ether oxygens (including phenoxy) is 1. The van der Waals surface area contributed by atoms with E-state index in [0.717, 1.165) is 33.1 Å². The van der Waals surface area contributed by atoms with Gasteiger partial charge in [-0.15, -0.1) is 11.3 Å².